The highest BCUT2D eigenvalue weighted by Gasteiger charge is 2.34. The van der Waals surface area contributed by atoms with Crippen LogP contribution < -0.4 is 0 Å². The molecule has 2 aliphatic heterocycles. The molecular weight excluding hydrogens is 302 g/mol. The maximum Gasteiger partial charge on any atom is 0.253 e. The van der Waals surface area contributed by atoms with E-state index >= 15 is 0 Å². The van der Waals surface area contributed by atoms with Crippen molar-refractivity contribution in [2.24, 2.45) is 5.92 Å². The zero-order valence-electron chi connectivity index (χ0n) is 14.9. The van der Waals surface area contributed by atoms with Gasteiger partial charge < -0.3 is 14.5 Å². The molecule has 1 aromatic carbocycles. The molecule has 0 aromatic heterocycles. The molecule has 0 N–H and O–H groups in total. The van der Waals surface area contributed by atoms with Gasteiger partial charge in [0, 0.05) is 39.3 Å². The van der Waals surface area contributed by atoms with E-state index in [1.165, 1.54) is 5.56 Å². The minimum atomic E-state index is -0.305. The van der Waals surface area contributed by atoms with Crippen molar-refractivity contribution in [3.8, 4) is 0 Å². The van der Waals surface area contributed by atoms with Gasteiger partial charge in [-0.05, 0) is 32.0 Å². The van der Waals surface area contributed by atoms with Crippen LogP contribution in [0.5, 0.6) is 0 Å². The van der Waals surface area contributed by atoms with Crippen molar-refractivity contribution in [3.63, 3.8) is 0 Å². The third-order valence-electron chi connectivity index (χ3n) is 4.90. The van der Waals surface area contributed by atoms with Crippen molar-refractivity contribution in [2.75, 3.05) is 53.4 Å². The van der Waals surface area contributed by atoms with Gasteiger partial charge in [0.05, 0.1) is 6.61 Å². The summed E-state index contributed by atoms with van der Waals surface area (Å²) in [6.07, 6.45) is 0.797. The SMILES string of the molecule is CN(C)C[C@@H]1CCN(C(=O)[C@H]2CN(Cc3ccccc3)CCO2)C1. The molecule has 24 heavy (non-hydrogen) atoms. The maximum absolute atomic E-state index is 12.8. The van der Waals surface area contributed by atoms with Gasteiger partial charge in [0.15, 0.2) is 0 Å². The van der Waals surface area contributed by atoms with Gasteiger partial charge in [-0.2, -0.15) is 0 Å². The summed E-state index contributed by atoms with van der Waals surface area (Å²) >= 11 is 0. The van der Waals surface area contributed by atoms with E-state index in [2.05, 4.69) is 48.2 Å². The lowest BCUT2D eigenvalue weighted by atomic mass is 10.1. The molecule has 0 unspecified atom stereocenters. The molecule has 2 aliphatic rings. The number of likely N-dealkylation sites (tertiary alicyclic amines) is 1. The summed E-state index contributed by atoms with van der Waals surface area (Å²) < 4.78 is 5.79. The Morgan fingerprint density at radius 2 is 2.00 bits per heavy atom. The lowest BCUT2D eigenvalue weighted by molar-refractivity contribution is -0.148. The molecule has 1 amide bonds. The Bertz CT molecular complexity index is 535. The maximum atomic E-state index is 12.8. The molecule has 0 radical (unpaired) electrons. The molecule has 132 valence electrons. The van der Waals surface area contributed by atoms with Crippen LogP contribution in [0.3, 0.4) is 0 Å². The second-order valence-electron chi connectivity index (χ2n) is 7.28. The molecule has 0 spiro atoms. The number of benzene rings is 1. The number of carbonyl (C=O) groups is 1. The second-order valence-corrected chi connectivity index (χ2v) is 7.28. The van der Waals surface area contributed by atoms with Gasteiger partial charge in [0.1, 0.15) is 6.10 Å². The molecule has 2 saturated heterocycles. The molecule has 0 bridgehead atoms. The van der Waals surface area contributed by atoms with Gasteiger partial charge in [0.25, 0.3) is 5.91 Å². The molecule has 0 aliphatic carbocycles. The second kappa shape index (κ2) is 8.10. The standard InChI is InChI=1S/C19H29N3O2/c1-20(2)12-17-8-9-22(14-17)19(23)18-15-21(10-11-24-18)13-16-6-4-3-5-7-16/h3-7,17-18H,8-15H2,1-2H3/t17-,18+/m0/s1. The zero-order valence-corrected chi connectivity index (χ0v) is 14.9. The third-order valence-corrected chi connectivity index (χ3v) is 4.90. The van der Waals surface area contributed by atoms with Crippen LogP contribution in [0, 0.1) is 5.92 Å². The Balaban J connectivity index is 1.52. The minimum Gasteiger partial charge on any atom is -0.366 e. The summed E-state index contributed by atoms with van der Waals surface area (Å²) in [7, 11) is 4.19. The summed E-state index contributed by atoms with van der Waals surface area (Å²) in [5.41, 5.74) is 1.29. The predicted octanol–water partition coefficient (Wildman–Crippen LogP) is 1.30. The number of rotatable bonds is 5. The van der Waals surface area contributed by atoms with E-state index in [-0.39, 0.29) is 12.0 Å². The number of nitrogens with zero attached hydrogens (tertiary/aromatic N) is 3. The molecular formula is C19H29N3O2. The number of ether oxygens (including phenoxy) is 1. The van der Waals surface area contributed by atoms with Gasteiger partial charge in [0.2, 0.25) is 0 Å². The summed E-state index contributed by atoms with van der Waals surface area (Å²) in [6.45, 7) is 5.90. The molecule has 2 atom stereocenters. The van der Waals surface area contributed by atoms with Crippen LogP contribution in [0.4, 0.5) is 0 Å². The summed E-state index contributed by atoms with van der Waals surface area (Å²) in [5.74, 6) is 0.766. The first-order chi connectivity index (χ1) is 11.6. The van der Waals surface area contributed by atoms with Crippen LogP contribution in [0.25, 0.3) is 0 Å². The van der Waals surface area contributed by atoms with Crippen molar-refractivity contribution < 1.29 is 9.53 Å². The van der Waals surface area contributed by atoms with Crippen molar-refractivity contribution in [1.82, 2.24) is 14.7 Å². The van der Waals surface area contributed by atoms with Crippen molar-refractivity contribution in [2.45, 2.75) is 19.1 Å². The number of carbonyl (C=O) groups excluding carboxylic acids is 1. The van der Waals surface area contributed by atoms with Gasteiger partial charge in [-0.25, -0.2) is 0 Å². The number of hydrogen-bond donors (Lipinski definition) is 0. The molecule has 2 heterocycles. The van der Waals surface area contributed by atoms with E-state index < -0.39 is 0 Å². The smallest absolute Gasteiger partial charge is 0.253 e. The van der Waals surface area contributed by atoms with Crippen molar-refractivity contribution in [3.05, 3.63) is 35.9 Å². The monoisotopic (exact) mass is 331 g/mol. The van der Waals surface area contributed by atoms with Crippen molar-refractivity contribution >= 4 is 5.91 Å². The molecule has 5 nitrogen and oxygen atoms in total. The van der Waals surface area contributed by atoms with Crippen LogP contribution in [-0.2, 0) is 16.1 Å². The van der Waals surface area contributed by atoms with Crippen LogP contribution in [0.2, 0.25) is 0 Å². The molecule has 5 heteroatoms. The first kappa shape index (κ1) is 17.4. The highest BCUT2D eigenvalue weighted by molar-refractivity contribution is 5.81. The first-order valence-corrected chi connectivity index (χ1v) is 8.93. The average molecular weight is 331 g/mol. The Morgan fingerprint density at radius 3 is 2.75 bits per heavy atom. The fourth-order valence-corrected chi connectivity index (χ4v) is 3.74. The normalized spacial score (nSPS) is 25.4. The number of morpholine rings is 1. The highest BCUT2D eigenvalue weighted by Crippen LogP contribution is 2.20. The van der Waals surface area contributed by atoms with Gasteiger partial charge >= 0.3 is 0 Å². The van der Waals surface area contributed by atoms with E-state index in [4.69, 9.17) is 4.74 Å². The molecule has 2 fully saturated rings. The fraction of sp³-hybridized carbons (Fsp3) is 0.632. The number of amides is 1. The zero-order chi connectivity index (χ0) is 16.9. The lowest BCUT2D eigenvalue weighted by Crippen LogP contribution is -2.50. The summed E-state index contributed by atoms with van der Waals surface area (Å²) in [5, 5.41) is 0. The van der Waals surface area contributed by atoms with E-state index in [0.29, 0.717) is 19.1 Å². The van der Waals surface area contributed by atoms with Crippen LogP contribution >= 0.6 is 0 Å². The predicted molar refractivity (Wildman–Crippen MR) is 94.7 cm³/mol. The Kier molecular flexibility index (Phi) is 5.87. The minimum absolute atomic E-state index is 0.175. The fourth-order valence-electron chi connectivity index (χ4n) is 3.74. The highest BCUT2D eigenvalue weighted by atomic mass is 16.5. The Morgan fingerprint density at radius 1 is 1.21 bits per heavy atom. The van der Waals surface area contributed by atoms with E-state index in [1.807, 2.05) is 11.0 Å². The third kappa shape index (κ3) is 4.56. The quantitative estimate of drug-likeness (QED) is 0.815. The van der Waals surface area contributed by atoms with Crippen LogP contribution in [-0.4, -0.2) is 80.1 Å². The topological polar surface area (TPSA) is 36.0 Å². The Hall–Kier alpha value is -1.43. The summed E-state index contributed by atoms with van der Waals surface area (Å²) in [6, 6.07) is 10.4. The summed E-state index contributed by atoms with van der Waals surface area (Å²) in [4.78, 5) is 19.3. The largest absolute Gasteiger partial charge is 0.366 e. The van der Waals surface area contributed by atoms with Crippen molar-refractivity contribution in [1.29, 1.82) is 0 Å². The molecule has 3 rings (SSSR count). The van der Waals surface area contributed by atoms with Gasteiger partial charge in [-0.3, -0.25) is 9.69 Å². The molecule has 1 aromatic rings. The number of hydrogen-bond acceptors (Lipinski definition) is 4. The van der Waals surface area contributed by atoms with E-state index in [9.17, 15) is 4.79 Å². The van der Waals surface area contributed by atoms with E-state index in [1.54, 1.807) is 0 Å². The van der Waals surface area contributed by atoms with Gasteiger partial charge in [-0.1, -0.05) is 30.3 Å². The van der Waals surface area contributed by atoms with Crippen LogP contribution in [0.15, 0.2) is 30.3 Å². The average Bonchev–Trinajstić information content (AvgIpc) is 3.03. The first-order valence-electron chi connectivity index (χ1n) is 8.93. The van der Waals surface area contributed by atoms with Gasteiger partial charge in [-0.15, -0.1) is 0 Å². The lowest BCUT2D eigenvalue weighted by Gasteiger charge is -2.34. The van der Waals surface area contributed by atoms with E-state index in [0.717, 1.165) is 39.1 Å². The molecule has 0 saturated carbocycles. The van der Waals surface area contributed by atoms with Crippen LogP contribution in [0.1, 0.15) is 12.0 Å². The Labute approximate surface area is 145 Å².